The van der Waals surface area contributed by atoms with Gasteiger partial charge in [-0.25, -0.2) is 4.79 Å². The number of ketones is 1. The normalized spacial score (nSPS) is 22.0. The standard InChI is InChI=1S/C31H28N2O4/c32-16-21-11-9-20(10-12-21)13-30(34)22-14-23-17-36-18-24(15-22)33(23)31(35)37-19-29-27-7-3-1-5-25(27)26-6-2-4-8-28(26)29/h1-12,22-24,29H,13-15,17-19H2. The van der Waals surface area contributed by atoms with Crippen molar-refractivity contribution in [1.82, 2.24) is 4.90 Å². The lowest BCUT2D eigenvalue weighted by molar-refractivity contribution is -0.130. The zero-order valence-corrected chi connectivity index (χ0v) is 20.5. The smallest absolute Gasteiger partial charge is 0.410 e. The predicted octanol–water partition coefficient (Wildman–Crippen LogP) is 5.10. The monoisotopic (exact) mass is 492 g/mol. The maximum Gasteiger partial charge on any atom is 0.410 e. The molecule has 2 saturated heterocycles. The van der Waals surface area contributed by atoms with Crippen LogP contribution < -0.4 is 0 Å². The van der Waals surface area contributed by atoms with E-state index in [9.17, 15) is 9.59 Å². The molecule has 0 spiro atoms. The number of amides is 1. The molecule has 37 heavy (non-hydrogen) atoms. The average Bonchev–Trinajstić information content (AvgIpc) is 3.25. The quantitative estimate of drug-likeness (QED) is 0.495. The summed E-state index contributed by atoms with van der Waals surface area (Å²) in [6.45, 7) is 1.12. The molecule has 2 atom stereocenters. The molecule has 3 aromatic carbocycles. The van der Waals surface area contributed by atoms with E-state index in [-0.39, 0.29) is 42.4 Å². The number of hydrogen-bond donors (Lipinski definition) is 0. The van der Waals surface area contributed by atoms with E-state index in [1.54, 1.807) is 12.1 Å². The molecule has 2 aliphatic heterocycles. The average molecular weight is 493 g/mol. The van der Waals surface area contributed by atoms with E-state index in [2.05, 4.69) is 30.3 Å². The van der Waals surface area contributed by atoms with E-state index in [4.69, 9.17) is 14.7 Å². The number of fused-ring (bicyclic) bond motifs is 5. The van der Waals surface area contributed by atoms with Gasteiger partial charge in [0.25, 0.3) is 0 Å². The lowest BCUT2D eigenvalue weighted by Crippen LogP contribution is -2.60. The molecule has 2 fully saturated rings. The van der Waals surface area contributed by atoms with Crippen LogP contribution in [0.5, 0.6) is 0 Å². The van der Waals surface area contributed by atoms with Gasteiger partial charge in [-0.3, -0.25) is 9.69 Å². The largest absolute Gasteiger partial charge is 0.448 e. The third-order valence-electron chi connectivity index (χ3n) is 7.98. The fourth-order valence-electron chi connectivity index (χ4n) is 6.19. The lowest BCUT2D eigenvalue weighted by atomic mass is 9.81. The van der Waals surface area contributed by atoms with Crippen molar-refractivity contribution in [2.75, 3.05) is 19.8 Å². The zero-order valence-electron chi connectivity index (χ0n) is 20.5. The number of carbonyl (C=O) groups excluding carboxylic acids is 2. The van der Waals surface area contributed by atoms with Crippen LogP contribution in [0, 0.1) is 17.2 Å². The van der Waals surface area contributed by atoms with Gasteiger partial charge in [0.1, 0.15) is 12.4 Å². The van der Waals surface area contributed by atoms with E-state index < -0.39 is 0 Å². The Bertz CT molecular complexity index is 1320. The number of rotatable bonds is 5. The van der Waals surface area contributed by atoms with Gasteiger partial charge >= 0.3 is 6.09 Å². The van der Waals surface area contributed by atoms with Crippen LogP contribution in [0.25, 0.3) is 11.1 Å². The molecule has 3 aromatic rings. The van der Waals surface area contributed by atoms with Crippen molar-refractivity contribution in [2.24, 2.45) is 5.92 Å². The molecule has 0 saturated carbocycles. The molecule has 0 aromatic heterocycles. The van der Waals surface area contributed by atoms with Crippen LogP contribution in [-0.4, -0.2) is 48.7 Å². The minimum atomic E-state index is -0.321. The second kappa shape index (κ2) is 9.84. The van der Waals surface area contributed by atoms with Crippen molar-refractivity contribution in [3.05, 3.63) is 95.1 Å². The zero-order chi connectivity index (χ0) is 25.4. The summed E-state index contributed by atoms with van der Waals surface area (Å²) in [5, 5.41) is 8.99. The molecule has 6 rings (SSSR count). The summed E-state index contributed by atoms with van der Waals surface area (Å²) >= 11 is 0. The third-order valence-corrected chi connectivity index (χ3v) is 7.98. The molecule has 0 radical (unpaired) electrons. The second-order valence-electron chi connectivity index (χ2n) is 10.2. The van der Waals surface area contributed by atoms with Crippen LogP contribution in [0.2, 0.25) is 0 Å². The van der Waals surface area contributed by atoms with Crippen molar-refractivity contribution < 1.29 is 19.1 Å². The Balaban J connectivity index is 1.12. The molecule has 2 heterocycles. The van der Waals surface area contributed by atoms with E-state index in [1.165, 1.54) is 22.3 Å². The molecule has 6 heteroatoms. The molecule has 2 unspecified atom stereocenters. The van der Waals surface area contributed by atoms with E-state index in [0.717, 1.165) is 5.56 Å². The number of carbonyl (C=O) groups is 2. The summed E-state index contributed by atoms with van der Waals surface area (Å²) in [5.41, 5.74) is 6.26. The highest BCUT2D eigenvalue weighted by molar-refractivity contribution is 5.84. The molecule has 0 N–H and O–H groups in total. The Hall–Kier alpha value is -3.95. The van der Waals surface area contributed by atoms with Crippen molar-refractivity contribution in [3.63, 3.8) is 0 Å². The van der Waals surface area contributed by atoms with Gasteiger partial charge in [-0.1, -0.05) is 60.7 Å². The lowest BCUT2D eigenvalue weighted by Gasteiger charge is -2.47. The maximum atomic E-state index is 13.4. The van der Waals surface area contributed by atoms with Gasteiger partial charge in [0.15, 0.2) is 0 Å². The molecular weight excluding hydrogens is 464 g/mol. The number of ether oxygens (including phenoxy) is 2. The van der Waals surface area contributed by atoms with Gasteiger partial charge in [-0.15, -0.1) is 0 Å². The van der Waals surface area contributed by atoms with Crippen molar-refractivity contribution in [1.29, 1.82) is 5.26 Å². The molecule has 1 aliphatic carbocycles. The summed E-state index contributed by atoms with van der Waals surface area (Å²) in [7, 11) is 0. The summed E-state index contributed by atoms with van der Waals surface area (Å²) < 4.78 is 11.7. The minimum Gasteiger partial charge on any atom is -0.448 e. The van der Waals surface area contributed by atoms with E-state index >= 15 is 0 Å². The minimum absolute atomic E-state index is 0.0129. The molecule has 1 amide bonds. The first-order chi connectivity index (χ1) is 18.1. The highest BCUT2D eigenvalue weighted by Gasteiger charge is 2.44. The first-order valence-corrected chi connectivity index (χ1v) is 12.8. The second-order valence-corrected chi connectivity index (χ2v) is 10.2. The van der Waals surface area contributed by atoms with Gasteiger partial charge in [-0.2, -0.15) is 5.26 Å². The molecular formula is C31H28N2O4. The van der Waals surface area contributed by atoms with Crippen LogP contribution in [0.1, 0.15) is 41.0 Å². The van der Waals surface area contributed by atoms with Crippen LogP contribution in [0.3, 0.4) is 0 Å². The fourth-order valence-corrected chi connectivity index (χ4v) is 6.19. The highest BCUT2D eigenvalue weighted by Crippen LogP contribution is 2.44. The summed E-state index contributed by atoms with van der Waals surface area (Å²) in [6, 6.07) is 25.5. The molecule has 6 nitrogen and oxygen atoms in total. The number of morpholine rings is 1. The maximum absolute atomic E-state index is 13.4. The van der Waals surface area contributed by atoms with Gasteiger partial charge in [0.05, 0.1) is 36.9 Å². The number of nitriles is 1. The Morgan fingerprint density at radius 1 is 0.892 bits per heavy atom. The van der Waals surface area contributed by atoms with Gasteiger partial charge in [0.2, 0.25) is 0 Å². The summed E-state index contributed by atoms with van der Waals surface area (Å²) in [6.07, 6.45) is 1.17. The predicted molar refractivity (Wildman–Crippen MR) is 138 cm³/mol. The van der Waals surface area contributed by atoms with Crippen LogP contribution in [0.15, 0.2) is 72.8 Å². The number of nitrogens with zero attached hydrogens (tertiary/aromatic N) is 2. The summed E-state index contributed by atoms with van der Waals surface area (Å²) in [5.74, 6) is 0.0694. The van der Waals surface area contributed by atoms with Crippen LogP contribution in [0.4, 0.5) is 4.79 Å². The topological polar surface area (TPSA) is 79.6 Å². The Labute approximate surface area is 216 Å². The van der Waals surface area contributed by atoms with Crippen LogP contribution >= 0.6 is 0 Å². The van der Waals surface area contributed by atoms with Gasteiger partial charge < -0.3 is 9.47 Å². The third kappa shape index (κ3) is 4.41. The van der Waals surface area contributed by atoms with Gasteiger partial charge in [-0.05, 0) is 52.8 Å². The fraction of sp³-hybridized carbons (Fsp3) is 0.323. The molecule has 3 aliphatic rings. The first-order valence-electron chi connectivity index (χ1n) is 12.8. The Morgan fingerprint density at radius 2 is 1.49 bits per heavy atom. The van der Waals surface area contributed by atoms with Gasteiger partial charge in [0, 0.05) is 18.3 Å². The SMILES string of the molecule is N#Cc1ccc(CC(=O)C2CC3COCC(C2)N3C(=O)OCC2c3ccccc3-c3ccccc32)cc1. The van der Waals surface area contributed by atoms with E-state index in [1.807, 2.05) is 41.3 Å². The highest BCUT2D eigenvalue weighted by atomic mass is 16.6. The van der Waals surface area contributed by atoms with Crippen molar-refractivity contribution in [2.45, 2.75) is 37.3 Å². The number of benzene rings is 3. The molecule has 2 bridgehead atoms. The van der Waals surface area contributed by atoms with Crippen LogP contribution in [-0.2, 0) is 20.7 Å². The van der Waals surface area contributed by atoms with E-state index in [0.29, 0.717) is 38.0 Å². The first kappa shape index (κ1) is 23.4. The van der Waals surface area contributed by atoms with Crippen molar-refractivity contribution >= 4 is 11.9 Å². The number of piperidine rings is 1. The Kier molecular flexibility index (Phi) is 6.23. The van der Waals surface area contributed by atoms with Crippen molar-refractivity contribution in [3.8, 4) is 17.2 Å². The Morgan fingerprint density at radius 3 is 2.08 bits per heavy atom. The molecule has 186 valence electrons. The summed E-state index contributed by atoms with van der Waals surface area (Å²) in [4.78, 5) is 28.3. The number of hydrogen-bond acceptors (Lipinski definition) is 5. The number of Topliss-reactive ketones (excluding diaryl/α,β-unsaturated/α-hetero) is 1.